The average molecular weight is 130 g/mol. The molecule has 0 spiro atoms. The van der Waals surface area contributed by atoms with Crippen LogP contribution in [0, 0.1) is 0 Å². The lowest BCUT2D eigenvalue weighted by atomic mass is 10.6. The monoisotopic (exact) mass is 130 g/mol. The molecule has 0 bridgehead atoms. The van der Waals surface area contributed by atoms with Gasteiger partial charge in [-0.2, -0.15) is 0 Å². The number of rotatable bonds is 5. The Bertz CT molecular complexity index is 73.5. The first-order chi connectivity index (χ1) is 4.27. The van der Waals surface area contributed by atoms with E-state index in [2.05, 4.69) is 12.1 Å². The summed E-state index contributed by atoms with van der Waals surface area (Å²) in [4.78, 5) is 6.93. The third-order valence-corrected chi connectivity index (χ3v) is 0.807. The second-order valence-electron chi connectivity index (χ2n) is 1.97. The number of nitrogens with zero attached hydrogens (tertiary/aromatic N) is 1. The van der Waals surface area contributed by atoms with Crippen LogP contribution in [0.2, 0.25) is 0 Å². The van der Waals surface area contributed by atoms with Gasteiger partial charge in [0.05, 0.1) is 6.61 Å². The normalized spacial score (nSPS) is 9.67. The van der Waals surface area contributed by atoms with E-state index in [1.54, 1.807) is 0 Å². The van der Waals surface area contributed by atoms with E-state index in [0.717, 1.165) is 6.54 Å². The van der Waals surface area contributed by atoms with E-state index < -0.39 is 0 Å². The first-order valence-electron chi connectivity index (χ1n) is 2.90. The molecule has 0 aliphatic heterocycles. The second kappa shape index (κ2) is 5.59. The number of likely N-dealkylation sites (N-methyl/N-ethyl adjacent to an activating group) is 1. The largest absolute Gasteiger partial charge is 0.307 e. The van der Waals surface area contributed by atoms with Gasteiger partial charge in [0.15, 0.2) is 0 Å². The molecule has 0 saturated carbocycles. The van der Waals surface area contributed by atoms with Gasteiger partial charge in [0, 0.05) is 12.7 Å². The van der Waals surface area contributed by atoms with E-state index in [1.807, 2.05) is 19.0 Å². The quantitative estimate of drug-likeness (QED) is 0.425. The molecule has 0 aromatic carbocycles. The molecule has 0 saturated heterocycles. The smallest absolute Gasteiger partial charge is 0.0872 e. The average Bonchev–Trinajstić information content (AvgIpc) is 1.80. The molecule has 0 aliphatic rings. The van der Waals surface area contributed by atoms with E-state index in [0.29, 0.717) is 6.61 Å². The fourth-order valence-corrected chi connectivity index (χ4v) is 0.346. The molecule has 0 heterocycles. The highest BCUT2D eigenvalue weighted by Crippen LogP contribution is 1.73. The minimum atomic E-state index is 0.680. The first kappa shape index (κ1) is 8.46. The molecule has 0 rings (SSSR count). The molecule has 0 radical (unpaired) electrons. The Kier molecular flexibility index (Phi) is 5.26. The van der Waals surface area contributed by atoms with Crippen LogP contribution < -0.4 is 5.48 Å². The fraction of sp³-hybridized carbons (Fsp3) is 0.667. The number of hydrogen-bond donors (Lipinski definition) is 1. The second-order valence-corrected chi connectivity index (χ2v) is 1.97. The van der Waals surface area contributed by atoms with E-state index in [9.17, 15) is 0 Å². The summed E-state index contributed by atoms with van der Waals surface area (Å²) in [6.07, 6.45) is 1.51. The predicted octanol–water partition coefficient (Wildman–Crippen LogP) is 0.213. The molecule has 9 heavy (non-hydrogen) atoms. The Morgan fingerprint density at radius 2 is 2.33 bits per heavy atom. The van der Waals surface area contributed by atoms with Gasteiger partial charge in [-0.15, -0.1) is 0 Å². The SMILES string of the molecule is C=CNOCCN(C)C. The summed E-state index contributed by atoms with van der Waals surface area (Å²) in [7, 11) is 3.99. The van der Waals surface area contributed by atoms with E-state index >= 15 is 0 Å². The van der Waals surface area contributed by atoms with Crippen LogP contribution in [0.25, 0.3) is 0 Å². The summed E-state index contributed by atoms with van der Waals surface area (Å²) < 4.78 is 0. The van der Waals surface area contributed by atoms with Crippen molar-refractivity contribution >= 4 is 0 Å². The van der Waals surface area contributed by atoms with Crippen LogP contribution in [0.4, 0.5) is 0 Å². The van der Waals surface area contributed by atoms with Crippen molar-refractivity contribution in [2.24, 2.45) is 0 Å². The summed E-state index contributed by atoms with van der Waals surface area (Å²) in [5, 5.41) is 0. The van der Waals surface area contributed by atoms with Crippen molar-refractivity contribution in [2.45, 2.75) is 0 Å². The lowest BCUT2D eigenvalue weighted by molar-refractivity contribution is 0.0605. The van der Waals surface area contributed by atoms with Gasteiger partial charge in [-0.25, -0.2) is 0 Å². The molecule has 1 N–H and O–H groups in total. The number of hydroxylamine groups is 1. The summed E-state index contributed by atoms with van der Waals surface area (Å²) >= 11 is 0. The molecule has 0 aromatic rings. The van der Waals surface area contributed by atoms with Crippen LogP contribution >= 0.6 is 0 Å². The lowest BCUT2D eigenvalue weighted by Gasteiger charge is -2.08. The van der Waals surface area contributed by atoms with Crippen LogP contribution in [0.3, 0.4) is 0 Å². The molecular weight excluding hydrogens is 116 g/mol. The van der Waals surface area contributed by atoms with Gasteiger partial charge in [0.25, 0.3) is 0 Å². The molecule has 0 unspecified atom stereocenters. The Balaban J connectivity index is 2.82. The van der Waals surface area contributed by atoms with Crippen LogP contribution in [0.5, 0.6) is 0 Å². The van der Waals surface area contributed by atoms with Gasteiger partial charge in [-0.05, 0) is 14.1 Å². The molecule has 54 valence electrons. The zero-order valence-electron chi connectivity index (χ0n) is 6.05. The topological polar surface area (TPSA) is 24.5 Å². The van der Waals surface area contributed by atoms with Gasteiger partial charge in [-0.3, -0.25) is 10.3 Å². The maximum Gasteiger partial charge on any atom is 0.0872 e. The van der Waals surface area contributed by atoms with Crippen molar-refractivity contribution < 1.29 is 4.84 Å². The molecule has 0 aromatic heterocycles. The Morgan fingerprint density at radius 3 is 2.78 bits per heavy atom. The first-order valence-corrected chi connectivity index (χ1v) is 2.90. The van der Waals surface area contributed by atoms with Crippen LogP contribution in [0.1, 0.15) is 0 Å². The van der Waals surface area contributed by atoms with Crippen molar-refractivity contribution in [1.29, 1.82) is 0 Å². The van der Waals surface area contributed by atoms with Crippen molar-refractivity contribution in [3.8, 4) is 0 Å². The maximum atomic E-state index is 4.88. The fourth-order valence-electron chi connectivity index (χ4n) is 0.346. The minimum Gasteiger partial charge on any atom is -0.307 e. The van der Waals surface area contributed by atoms with Gasteiger partial charge >= 0.3 is 0 Å². The lowest BCUT2D eigenvalue weighted by Crippen LogP contribution is -2.20. The van der Waals surface area contributed by atoms with E-state index in [-0.39, 0.29) is 0 Å². The van der Waals surface area contributed by atoms with E-state index in [4.69, 9.17) is 4.84 Å². The Labute approximate surface area is 56.3 Å². The zero-order chi connectivity index (χ0) is 7.11. The predicted molar refractivity (Wildman–Crippen MR) is 37.8 cm³/mol. The summed E-state index contributed by atoms with van der Waals surface area (Å²) in [6.45, 7) is 5.02. The summed E-state index contributed by atoms with van der Waals surface area (Å²) in [5.41, 5.74) is 2.54. The molecule has 0 fully saturated rings. The highest BCUT2D eigenvalue weighted by atomic mass is 16.6. The van der Waals surface area contributed by atoms with Gasteiger partial charge < -0.3 is 4.90 Å². The van der Waals surface area contributed by atoms with Crippen LogP contribution in [-0.2, 0) is 4.84 Å². The Morgan fingerprint density at radius 1 is 1.67 bits per heavy atom. The third kappa shape index (κ3) is 7.46. The van der Waals surface area contributed by atoms with Crippen molar-refractivity contribution in [3.05, 3.63) is 12.8 Å². The van der Waals surface area contributed by atoms with E-state index in [1.165, 1.54) is 6.20 Å². The van der Waals surface area contributed by atoms with Crippen molar-refractivity contribution in [2.75, 3.05) is 27.2 Å². The number of hydrogen-bond acceptors (Lipinski definition) is 3. The van der Waals surface area contributed by atoms with Crippen molar-refractivity contribution in [3.63, 3.8) is 0 Å². The third-order valence-electron chi connectivity index (χ3n) is 0.807. The van der Waals surface area contributed by atoms with Gasteiger partial charge in [0.1, 0.15) is 0 Å². The molecule has 0 atom stereocenters. The minimum absolute atomic E-state index is 0.680. The number of nitrogens with one attached hydrogen (secondary N) is 1. The highest BCUT2D eigenvalue weighted by molar-refractivity contribution is 4.53. The van der Waals surface area contributed by atoms with Gasteiger partial charge in [0.2, 0.25) is 0 Å². The maximum absolute atomic E-state index is 4.88. The summed E-state index contributed by atoms with van der Waals surface area (Å²) in [5.74, 6) is 0. The van der Waals surface area contributed by atoms with Crippen LogP contribution in [0.15, 0.2) is 12.8 Å². The summed E-state index contributed by atoms with van der Waals surface area (Å²) in [6, 6.07) is 0. The van der Waals surface area contributed by atoms with Crippen LogP contribution in [-0.4, -0.2) is 32.1 Å². The molecule has 3 heteroatoms. The molecule has 0 amide bonds. The van der Waals surface area contributed by atoms with Gasteiger partial charge in [-0.1, -0.05) is 6.58 Å². The standard InChI is InChI=1S/C6H14N2O/c1-4-7-9-6-5-8(2)3/h4,7H,1,5-6H2,2-3H3. The van der Waals surface area contributed by atoms with Crippen molar-refractivity contribution in [1.82, 2.24) is 10.4 Å². The zero-order valence-corrected chi connectivity index (χ0v) is 6.05. The molecule has 3 nitrogen and oxygen atoms in total. The molecule has 0 aliphatic carbocycles. The Hall–Kier alpha value is -0.540. The highest BCUT2D eigenvalue weighted by Gasteiger charge is 1.86. The molecular formula is C6H14N2O.